The number of ether oxygens (including phenoxy) is 1. The first-order valence-corrected chi connectivity index (χ1v) is 9.07. The summed E-state index contributed by atoms with van der Waals surface area (Å²) < 4.78 is 18.8. The number of carbonyl (C=O) groups excluding carboxylic acids is 1. The Hall–Kier alpha value is -2.56. The van der Waals surface area contributed by atoms with Gasteiger partial charge in [0.2, 0.25) is 0 Å². The van der Waals surface area contributed by atoms with Gasteiger partial charge in [-0.25, -0.2) is 9.18 Å². The number of likely N-dealkylation sites (tertiary alicyclic amines) is 1. The molecule has 0 unspecified atom stereocenters. The van der Waals surface area contributed by atoms with E-state index in [1.165, 1.54) is 6.07 Å². The molecule has 2 aromatic rings. The van der Waals surface area contributed by atoms with Crippen LogP contribution >= 0.6 is 0 Å². The van der Waals surface area contributed by atoms with Gasteiger partial charge in [-0.3, -0.25) is 0 Å². The number of fused-ring (bicyclic) bond motifs is 1. The van der Waals surface area contributed by atoms with Crippen LogP contribution in [0.1, 0.15) is 11.1 Å². The van der Waals surface area contributed by atoms with Crippen LogP contribution in [0, 0.1) is 24.6 Å². The van der Waals surface area contributed by atoms with Crippen molar-refractivity contribution in [2.24, 2.45) is 11.8 Å². The van der Waals surface area contributed by atoms with Crippen LogP contribution in [0.15, 0.2) is 48.5 Å². The second-order valence-electron chi connectivity index (χ2n) is 7.30. The second kappa shape index (κ2) is 6.98. The van der Waals surface area contributed by atoms with E-state index in [0.29, 0.717) is 18.4 Å². The van der Waals surface area contributed by atoms with Gasteiger partial charge >= 0.3 is 6.09 Å². The summed E-state index contributed by atoms with van der Waals surface area (Å²) in [5.74, 6) is 0.699. The number of aryl methyl sites for hydroxylation is 1. The summed E-state index contributed by atoms with van der Waals surface area (Å²) in [6.45, 7) is 5.52. The highest BCUT2D eigenvalue weighted by atomic mass is 19.1. The first-order valence-electron chi connectivity index (χ1n) is 9.07. The minimum Gasteiger partial charge on any atom is -0.445 e. The zero-order valence-corrected chi connectivity index (χ0v) is 14.9. The lowest BCUT2D eigenvalue weighted by Crippen LogP contribution is -2.33. The van der Waals surface area contributed by atoms with Gasteiger partial charge in [0.05, 0.1) is 0 Å². The minimum absolute atomic E-state index is 0.196. The molecule has 2 aliphatic heterocycles. The maximum atomic E-state index is 13.3. The average molecular weight is 354 g/mol. The molecule has 0 saturated carbocycles. The third-order valence-corrected chi connectivity index (χ3v) is 5.45. The molecule has 0 aliphatic carbocycles. The fourth-order valence-electron chi connectivity index (χ4n) is 4.12. The van der Waals surface area contributed by atoms with E-state index in [0.717, 1.165) is 43.0 Å². The van der Waals surface area contributed by atoms with Crippen molar-refractivity contribution < 1.29 is 13.9 Å². The van der Waals surface area contributed by atoms with Gasteiger partial charge in [-0.05, 0) is 36.2 Å². The number of nitrogens with zero attached hydrogens (tertiary/aromatic N) is 2. The average Bonchev–Trinajstić information content (AvgIpc) is 3.19. The number of hydrogen-bond donors (Lipinski definition) is 0. The summed E-state index contributed by atoms with van der Waals surface area (Å²) in [5, 5.41) is 0. The summed E-state index contributed by atoms with van der Waals surface area (Å²) in [7, 11) is 0. The zero-order valence-electron chi connectivity index (χ0n) is 14.9. The number of carbonyl (C=O) groups is 1. The molecular weight excluding hydrogens is 331 g/mol. The van der Waals surface area contributed by atoms with Crippen LogP contribution in [0.3, 0.4) is 0 Å². The van der Waals surface area contributed by atoms with Crippen LogP contribution in [0.2, 0.25) is 0 Å². The van der Waals surface area contributed by atoms with Gasteiger partial charge in [0.15, 0.2) is 0 Å². The number of halogens is 1. The van der Waals surface area contributed by atoms with Crippen molar-refractivity contribution >= 4 is 11.8 Å². The van der Waals surface area contributed by atoms with Gasteiger partial charge in [0.25, 0.3) is 0 Å². The topological polar surface area (TPSA) is 32.8 Å². The highest BCUT2D eigenvalue weighted by molar-refractivity contribution is 5.68. The van der Waals surface area contributed by atoms with Gasteiger partial charge in [-0.15, -0.1) is 0 Å². The number of amides is 1. The summed E-state index contributed by atoms with van der Waals surface area (Å²) >= 11 is 0. The molecule has 0 aromatic heterocycles. The van der Waals surface area contributed by atoms with Crippen molar-refractivity contribution in [1.29, 1.82) is 0 Å². The Bertz CT molecular complexity index is 782. The summed E-state index contributed by atoms with van der Waals surface area (Å²) in [6.07, 6.45) is -0.229. The lowest BCUT2D eigenvalue weighted by Gasteiger charge is -2.24. The standard InChI is InChI=1S/C21H23FN2O2/c1-15-9-19(22)7-8-20(15)23-10-17-12-24(13-18(17)11-23)21(25)26-14-16-5-3-2-4-6-16/h2-9,17-18H,10-14H2,1H3/t17-,18-/m1/s1. The molecule has 4 rings (SSSR count). The van der Waals surface area contributed by atoms with E-state index in [9.17, 15) is 9.18 Å². The monoisotopic (exact) mass is 354 g/mol. The van der Waals surface area contributed by atoms with Crippen LogP contribution in [-0.4, -0.2) is 37.2 Å². The van der Waals surface area contributed by atoms with Gasteiger partial charge in [-0.2, -0.15) is 0 Å². The number of anilines is 1. The van der Waals surface area contributed by atoms with Crippen LogP contribution in [-0.2, 0) is 11.3 Å². The molecule has 2 aromatic carbocycles. The van der Waals surface area contributed by atoms with Gasteiger partial charge < -0.3 is 14.5 Å². The molecule has 0 spiro atoms. The van der Waals surface area contributed by atoms with Crippen LogP contribution in [0.5, 0.6) is 0 Å². The Morgan fingerprint density at radius 2 is 1.77 bits per heavy atom. The van der Waals surface area contributed by atoms with Gasteiger partial charge in [0, 0.05) is 43.7 Å². The molecule has 0 N–H and O–H groups in total. The maximum absolute atomic E-state index is 13.3. The molecule has 136 valence electrons. The third kappa shape index (κ3) is 3.39. The van der Waals surface area contributed by atoms with Crippen molar-refractivity contribution in [3.63, 3.8) is 0 Å². The molecule has 2 fully saturated rings. The highest BCUT2D eigenvalue weighted by Gasteiger charge is 2.42. The maximum Gasteiger partial charge on any atom is 0.410 e. The first-order chi connectivity index (χ1) is 12.6. The molecule has 4 nitrogen and oxygen atoms in total. The van der Waals surface area contributed by atoms with Gasteiger partial charge in [0.1, 0.15) is 12.4 Å². The highest BCUT2D eigenvalue weighted by Crippen LogP contribution is 2.35. The van der Waals surface area contributed by atoms with Crippen LogP contribution in [0.4, 0.5) is 14.9 Å². The SMILES string of the molecule is Cc1cc(F)ccc1N1C[C@@H]2CN(C(=O)OCc3ccccc3)C[C@H]2C1. The Morgan fingerprint density at radius 3 is 2.42 bits per heavy atom. The Labute approximate surface area is 153 Å². The van der Waals surface area contributed by atoms with E-state index >= 15 is 0 Å². The van der Waals surface area contributed by atoms with Crippen molar-refractivity contribution in [2.75, 3.05) is 31.1 Å². The molecule has 1 amide bonds. The van der Waals surface area contributed by atoms with E-state index in [-0.39, 0.29) is 11.9 Å². The molecule has 2 heterocycles. The molecule has 0 bridgehead atoms. The Kier molecular flexibility index (Phi) is 4.53. The molecule has 2 saturated heterocycles. The Balaban J connectivity index is 1.32. The number of benzene rings is 2. The van der Waals surface area contributed by atoms with Crippen molar-refractivity contribution in [3.05, 3.63) is 65.5 Å². The lowest BCUT2D eigenvalue weighted by molar-refractivity contribution is 0.102. The second-order valence-corrected chi connectivity index (χ2v) is 7.30. The number of hydrogen-bond acceptors (Lipinski definition) is 3. The van der Waals surface area contributed by atoms with E-state index in [1.54, 1.807) is 6.07 Å². The summed E-state index contributed by atoms with van der Waals surface area (Å²) in [6, 6.07) is 14.7. The van der Waals surface area contributed by atoms with E-state index in [4.69, 9.17) is 4.74 Å². The fourth-order valence-corrected chi connectivity index (χ4v) is 4.12. The fraction of sp³-hybridized carbons (Fsp3) is 0.381. The summed E-state index contributed by atoms with van der Waals surface area (Å²) in [4.78, 5) is 16.5. The third-order valence-electron chi connectivity index (χ3n) is 5.45. The molecule has 2 atom stereocenters. The van der Waals surface area contributed by atoms with Crippen molar-refractivity contribution in [1.82, 2.24) is 4.90 Å². The van der Waals surface area contributed by atoms with Gasteiger partial charge in [-0.1, -0.05) is 30.3 Å². The molecule has 0 radical (unpaired) electrons. The molecule has 2 aliphatic rings. The Morgan fingerprint density at radius 1 is 1.08 bits per heavy atom. The largest absolute Gasteiger partial charge is 0.445 e. The van der Waals surface area contributed by atoms with Crippen LogP contribution in [0.25, 0.3) is 0 Å². The van der Waals surface area contributed by atoms with E-state index in [1.807, 2.05) is 48.2 Å². The first kappa shape index (κ1) is 16.9. The molecule has 5 heteroatoms. The lowest BCUT2D eigenvalue weighted by atomic mass is 10.0. The normalized spacial score (nSPS) is 21.8. The predicted molar refractivity (Wildman–Crippen MR) is 98.5 cm³/mol. The molecule has 26 heavy (non-hydrogen) atoms. The minimum atomic E-state index is -0.229. The predicted octanol–water partition coefficient (Wildman–Crippen LogP) is 3.84. The number of rotatable bonds is 3. The smallest absolute Gasteiger partial charge is 0.410 e. The zero-order chi connectivity index (χ0) is 18.1. The van der Waals surface area contributed by atoms with Crippen molar-refractivity contribution in [2.45, 2.75) is 13.5 Å². The quantitative estimate of drug-likeness (QED) is 0.840. The summed E-state index contributed by atoms with van der Waals surface area (Å²) in [5.41, 5.74) is 3.06. The van der Waals surface area contributed by atoms with Crippen LogP contribution < -0.4 is 4.90 Å². The van der Waals surface area contributed by atoms with E-state index in [2.05, 4.69) is 4.90 Å². The van der Waals surface area contributed by atoms with Crippen molar-refractivity contribution in [3.8, 4) is 0 Å². The van der Waals surface area contributed by atoms with E-state index < -0.39 is 0 Å². The molecular formula is C21H23FN2O2.